The molecule has 0 heterocycles. The van der Waals surface area contributed by atoms with Crippen molar-refractivity contribution < 1.29 is 9.53 Å². The van der Waals surface area contributed by atoms with Crippen LogP contribution in [0.3, 0.4) is 0 Å². The van der Waals surface area contributed by atoms with E-state index in [1.54, 1.807) is 0 Å². The first-order chi connectivity index (χ1) is 10.1. The van der Waals surface area contributed by atoms with Crippen LogP contribution in [0.25, 0.3) is 0 Å². The Hall–Kier alpha value is -1.52. The predicted octanol–water partition coefficient (Wildman–Crippen LogP) is 4.43. The summed E-state index contributed by atoms with van der Waals surface area (Å²) in [5, 5.41) is 4.01. The fourth-order valence-electron chi connectivity index (χ4n) is 1.95. The molecule has 0 saturated carbocycles. The summed E-state index contributed by atoms with van der Waals surface area (Å²) >= 11 is 9.39. The Morgan fingerprint density at radius 3 is 2.62 bits per heavy atom. The molecule has 5 heteroatoms. The third kappa shape index (κ3) is 4.48. The molecule has 0 fully saturated rings. The fourth-order valence-corrected chi connectivity index (χ4v) is 2.78. The van der Waals surface area contributed by atoms with Crippen LogP contribution in [0.5, 0.6) is 0 Å². The van der Waals surface area contributed by atoms with Crippen molar-refractivity contribution in [2.45, 2.75) is 13.0 Å². The fraction of sp³-hybridized carbons (Fsp3) is 0.188. The van der Waals surface area contributed by atoms with Gasteiger partial charge in [-0.2, -0.15) is 0 Å². The highest BCUT2D eigenvalue weighted by Crippen LogP contribution is 2.26. The maximum Gasteiger partial charge on any atom is 0.309 e. The highest BCUT2D eigenvalue weighted by molar-refractivity contribution is 9.10. The number of hydrogen-bond donors (Lipinski definition) is 1. The second-order valence-corrected chi connectivity index (χ2v) is 5.79. The van der Waals surface area contributed by atoms with Crippen molar-refractivity contribution in [3.8, 4) is 0 Å². The summed E-state index contributed by atoms with van der Waals surface area (Å²) in [7, 11) is 1.40. The van der Waals surface area contributed by atoms with E-state index in [4.69, 9.17) is 16.3 Å². The Labute approximate surface area is 137 Å². The van der Waals surface area contributed by atoms with E-state index in [9.17, 15) is 4.79 Å². The molecule has 0 spiro atoms. The maximum absolute atomic E-state index is 11.4. The Balaban J connectivity index is 2.11. The van der Waals surface area contributed by atoms with E-state index in [-0.39, 0.29) is 12.4 Å². The zero-order valence-electron chi connectivity index (χ0n) is 11.5. The summed E-state index contributed by atoms with van der Waals surface area (Å²) in [6.45, 7) is 0.618. The molecule has 0 bridgehead atoms. The summed E-state index contributed by atoms with van der Waals surface area (Å²) in [5.74, 6) is -0.241. The van der Waals surface area contributed by atoms with Crippen LogP contribution in [-0.4, -0.2) is 13.1 Å². The molecule has 0 aliphatic rings. The molecule has 0 unspecified atom stereocenters. The highest BCUT2D eigenvalue weighted by Gasteiger charge is 2.08. The number of benzene rings is 2. The lowest BCUT2D eigenvalue weighted by atomic mass is 10.0. The number of methoxy groups -OCH3 is 1. The Morgan fingerprint density at radius 2 is 1.95 bits per heavy atom. The summed E-state index contributed by atoms with van der Waals surface area (Å²) in [6, 6.07) is 13.4. The van der Waals surface area contributed by atoms with E-state index in [1.807, 2.05) is 42.5 Å². The monoisotopic (exact) mass is 367 g/mol. The highest BCUT2D eigenvalue weighted by atomic mass is 79.9. The van der Waals surface area contributed by atoms with Gasteiger partial charge in [0.2, 0.25) is 0 Å². The van der Waals surface area contributed by atoms with Gasteiger partial charge in [0.15, 0.2) is 0 Å². The lowest BCUT2D eigenvalue weighted by molar-refractivity contribution is -0.139. The lowest BCUT2D eigenvalue weighted by Crippen LogP contribution is -2.09. The van der Waals surface area contributed by atoms with Crippen LogP contribution in [-0.2, 0) is 22.5 Å². The standard InChI is InChI=1S/C16H15BrClNO2/c1-21-16(20)8-11-4-2-3-5-12(11)10-19-15-7-6-13(18)9-14(15)17/h2-7,9,19H,8,10H2,1H3. The Morgan fingerprint density at radius 1 is 1.24 bits per heavy atom. The second kappa shape index (κ2) is 7.48. The van der Waals surface area contributed by atoms with Crippen LogP contribution >= 0.6 is 27.5 Å². The molecule has 0 amide bonds. The molecule has 0 saturated heterocycles. The van der Waals surface area contributed by atoms with Crippen molar-refractivity contribution in [3.05, 3.63) is 63.1 Å². The number of carbonyl (C=O) groups is 1. The van der Waals surface area contributed by atoms with Gasteiger partial charge in [0.05, 0.1) is 13.5 Å². The van der Waals surface area contributed by atoms with Gasteiger partial charge in [0.25, 0.3) is 0 Å². The predicted molar refractivity (Wildman–Crippen MR) is 88.6 cm³/mol. The largest absolute Gasteiger partial charge is 0.469 e. The average molecular weight is 369 g/mol. The molecule has 0 aromatic heterocycles. The van der Waals surface area contributed by atoms with E-state index in [1.165, 1.54) is 7.11 Å². The topological polar surface area (TPSA) is 38.3 Å². The van der Waals surface area contributed by atoms with Gasteiger partial charge in [-0.15, -0.1) is 0 Å². The van der Waals surface area contributed by atoms with Gasteiger partial charge >= 0.3 is 5.97 Å². The number of anilines is 1. The minimum absolute atomic E-state index is 0.241. The Bertz CT molecular complexity index is 646. The normalized spacial score (nSPS) is 10.2. The summed E-state index contributed by atoms with van der Waals surface area (Å²) < 4.78 is 5.63. The van der Waals surface area contributed by atoms with Gasteiger partial charge in [0.1, 0.15) is 0 Å². The zero-order chi connectivity index (χ0) is 15.2. The molecule has 3 nitrogen and oxygen atoms in total. The molecule has 0 atom stereocenters. The number of ether oxygens (including phenoxy) is 1. The van der Waals surface area contributed by atoms with Gasteiger partial charge in [-0.1, -0.05) is 35.9 Å². The Kier molecular flexibility index (Phi) is 5.65. The number of halogens is 2. The molecule has 0 radical (unpaired) electrons. The first kappa shape index (κ1) is 15.9. The van der Waals surface area contributed by atoms with E-state index in [0.717, 1.165) is 21.3 Å². The molecule has 1 N–H and O–H groups in total. The minimum atomic E-state index is -0.241. The van der Waals surface area contributed by atoms with Crippen molar-refractivity contribution in [1.29, 1.82) is 0 Å². The summed E-state index contributed by atoms with van der Waals surface area (Å²) in [5.41, 5.74) is 2.97. The molecular formula is C16H15BrClNO2. The van der Waals surface area contributed by atoms with Crippen LogP contribution in [0.1, 0.15) is 11.1 Å². The minimum Gasteiger partial charge on any atom is -0.469 e. The van der Waals surface area contributed by atoms with E-state index in [2.05, 4.69) is 21.2 Å². The van der Waals surface area contributed by atoms with Gasteiger partial charge < -0.3 is 10.1 Å². The van der Waals surface area contributed by atoms with Crippen molar-refractivity contribution in [1.82, 2.24) is 0 Å². The number of nitrogens with one attached hydrogen (secondary N) is 1. The number of esters is 1. The SMILES string of the molecule is COC(=O)Cc1ccccc1CNc1ccc(Cl)cc1Br. The molecule has 21 heavy (non-hydrogen) atoms. The van der Waals surface area contributed by atoms with Crippen molar-refractivity contribution >= 4 is 39.2 Å². The number of carbonyl (C=O) groups excluding carboxylic acids is 1. The quantitative estimate of drug-likeness (QED) is 0.793. The maximum atomic E-state index is 11.4. The molecule has 110 valence electrons. The molecule has 2 aromatic carbocycles. The number of hydrogen-bond acceptors (Lipinski definition) is 3. The summed E-state index contributed by atoms with van der Waals surface area (Å²) in [6.07, 6.45) is 0.274. The van der Waals surface area contributed by atoms with E-state index >= 15 is 0 Å². The van der Waals surface area contributed by atoms with Crippen molar-refractivity contribution in [2.24, 2.45) is 0 Å². The number of rotatable bonds is 5. The van der Waals surface area contributed by atoms with E-state index in [0.29, 0.717) is 11.6 Å². The molecule has 0 aliphatic heterocycles. The van der Waals surface area contributed by atoms with Gasteiger partial charge in [-0.05, 0) is 45.3 Å². The van der Waals surface area contributed by atoms with Crippen LogP contribution in [0.4, 0.5) is 5.69 Å². The third-order valence-electron chi connectivity index (χ3n) is 3.08. The summed E-state index contributed by atoms with van der Waals surface area (Å²) in [4.78, 5) is 11.4. The molecule has 2 aromatic rings. The molecule has 0 aliphatic carbocycles. The zero-order valence-corrected chi connectivity index (χ0v) is 13.9. The van der Waals surface area contributed by atoms with Crippen molar-refractivity contribution in [3.63, 3.8) is 0 Å². The van der Waals surface area contributed by atoms with E-state index < -0.39 is 0 Å². The van der Waals surface area contributed by atoms with Gasteiger partial charge in [-0.25, -0.2) is 0 Å². The molecular weight excluding hydrogens is 354 g/mol. The first-order valence-electron chi connectivity index (χ1n) is 6.42. The smallest absolute Gasteiger partial charge is 0.309 e. The average Bonchev–Trinajstić information content (AvgIpc) is 2.47. The second-order valence-electron chi connectivity index (χ2n) is 4.50. The first-order valence-corrected chi connectivity index (χ1v) is 7.60. The third-order valence-corrected chi connectivity index (χ3v) is 3.97. The van der Waals surface area contributed by atoms with Crippen LogP contribution in [0.15, 0.2) is 46.9 Å². The van der Waals surface area contributed by atoms with Gasteiger partial charge in [-0.3, -0.25) is 4.79 Å². The van der Waals surface area contributed by atoms with Crippen LogP contribution in [0.2, 0.25) is 5.02 Å². The van der Waals surface area contributed by atoms with Crippen LogP contribution in [0, 0.1) is 0 Å². The molecule has 2 rings (SSSR count). The lowest BCUT2D eigenvalue weighted by Gasteiger charge is -2.12. The van der Waals surface area contributed by atoms with Gasteiger partial charge in [0, 0.05) is 21.7 Å². The van der Waals surface area contributed by atoms with Crippen LogP contribution < -0.4 is 5.32 Å². The van der Waals surface area contributed by atoms with Crippen molar-refractivity contribution in [2.75, 3.05) is 12.4 Å².